The van der Waals surface area contributed by atoms with Gasteiger partial charge in [0.2, 0.25) is 5.91 Å². The van der Waals surface area contributed by atoms with Crippen LogP contribution < -0.4 is 10.1 Å². The van der Waals surface area contributed by atoms with Crippen LogP contribution in [-0.4, -0.2) is 55.8 Å². The Balaban J connectivity index is 1.24. The fourth-order valence-corrected chi connectivity index (χ4v) is 7.35. The lowest BCUT2D eigenvalue weighted by atomic mass is 9.56. The lowest BCUT2D eigenvalue weighted by Gasteiger charge is -2.49. The topological polar surface area (TPSA) is 50.8 Å². The predicted octanol–water partition coefficient (Wildman–Crippen LogP) is 4.15. The Morgan fingerprint density at radius 1 is 1.31 bits per heavy atom. The van der Waals surface area contributed by atoms with Crippen LogP contribution in [0.3, 0.4) is 0 Å². The Hall–Kier alpha value is -1.59. The molecule has 1 aromatic rings. The predicted molar refractivity (Wildman–Crippen MR) is 126 cm³/mol. The molecular weight excluding hydrogens is 400 g/mol. The zero-order valence-corrected chi connectivity index (χ0v) is 20.1. The zero-order chi connectivity index (χ0) is 22.3. The molecule has 6 atom stereocenters. The van der Waals surface area contributed by atoms with E-state index in [2.05, 4.69) is 42.3 Å². The van der Waals surface area contributed by atoms with Gasteiger partial charge in [0.1, 0.15) is 5.75 Å². The van der Waals surface area contributed by atoms with Gasteiger partial charge in [-0.15, -0.1) is 0 Å². The van der Waals surface area contributed by atoms with Crippen molar-refractivity contribution in [1.82, 2.24) is 10.2 Å². The molecule has 176 valence electrons. The molecule has 2 saturated heterocycles. The molecule has 2 aliphatic carbocycles. The maximum Gasteiger partial charge on any atom is 0.225 e. The number of aryl methyl sites for hydroxylation is 1. The second-order valence-electron chi connectivity index (χ2n) is 10.8. The van der Waals surface area contributed by atoms with Gasteiger partial charge in [-0.05, 0) is 100 Å². The van der Waals surface area contributed by atoms with Gasteiger partial charge in [-0.1, -0.05) is 6.07 Å². The third-order valence-corrected chi connectivity index (χ3v) is 9.05. The number of ether oxygens (including phenoxy) is 2. The minimum atomic E-state index is -0.147. The van der Waals surface area contributed by atoms with Crippen LogP contribution in [0.2, 0.25) is 0 Å². The number of carbonyl (C=O) groups excluding carboxylic acids is 1. The van der Waals surface area contributed by atoms with Crippen molar-refractivity contribution in [2.24, 2.45) is 17.8 Å². The van der Waals surface area contributed by atoms with Crippen LogP contribution in [0, 0.1) is 17.8 Å². The van der Waals surface area contributed by atoms with Gasteiger partial charge < -0.3 is 19.7 Å². The van der Waals surface area contributed by atoms with Crippen molar-refractivity contribution in [1.29, 1.82) is 0 Å². The third-order valence-electron chi connectivity index (χ3n) is 9.05. The average molecular weight is 441 g/mol. The van der Waals surface area contributed by atoms with E-state index in [4.69, 9.17) is 9.47 Å². The molecule has 5 rings (SSSR count). The van der Waals surface area contributed by atoms with Crippen molar-refractivity contribution in [3.05, 3.63) is 29.3 Å². The number of rotatable bonds is 6. The number of hydrogen-bond donors (Lipinski definition) is 1. The molecule has 2 heterocycles. The molecule has 1 amide bonds. The lowest BCUT2D eigenvalue weighted by molar-refractivity contribution is -0.127. The molecule has 5 nitrogen and oxygen atoms in total. The molecule has 3 fully saturated rings. The number of nitrogens with one attached hydrogen (secondary N) is 1. The Morgan fingerprint density at radius 3 is 2.97 bits per heavy atom. The number of hydrogen-bond acceptors (Lipinski definition) is 4. The molecule has 2 aliphatic heterocycles. The van der Waals surface area contributed by atoms with Crippen molar-refractivity contribution in [2.75, 3.05) is 33.4 Å². The Morgan fingerprint density at radius 2 is 2.19 bits per heavy atom. The summed E-state index contributed by atoms with van der Waals surface area (Å²) in [7, 11) is 1.75. The number of carbonyl (C=O) groups is 1. The van der Waals surface area contributed by atoms with E-state index in [0.29, 0.717) is 24.4 Å². The highest BCUT2D eigenvalue weighted by Crippen LogP contribution is 2.57. The largest absolute Gasteiger partial charge is 0.494 e. The molecule has 32 heavy (non-hydrogen) atoms. The zero-order valence-electron chi connectivity index (χ0n) is 20.1. The summed E-state index contributed by atoms with van der Waals surface area (Å²) in [4.78, 5) is 15.2. The maximum absolute atomic E-state index is 12.6. The lowest BCUT2D eigenvalue weighted by Crippen LogP contribution is -2.49. The standard InChI is InChI=1S/C27H40N2O3/c1-18-6-4-13-29(18)14-5-15-31-20-8-10-21-19(16-20)7-9-23-22(21)11-12-27(2)25(23)24(17-32-27)26(30)28-3/h8,10,16,18,22-25H,4-7,9,11-15,17H2,1-3H3,(H,28,30)/t18-,22-,23-,24?,25-,27+/m1/s1. The van der Waals surface area contributed by atoms with Gasteiger partial charge in [0.05, 0.1) is 24.7 Å². The number of fused-ring (bicyclic) bond motifs is 5. The summed E-state index contributed by atoms with van der Waals surface area (Å²) in [6.45, 7) is 8.33. The second-order valence-corrected chi connectivity index (χ2v) is 10.8. The van der Waals surface area contributed by atoms with Crippen LogP contribution in [0.15, 0.2) is 18.2 Å². The highest BCUT2D eigenvalue weighted by Gasteiger charge is 2.57. The Kier molecular flexibility index (Phi) is 6.23. The van der Waals surface area contributed by atoms with E-state index in [0.717, 1.165) is 57.0 Å². The van der Waals surface area contributed by atoms with Gasteiger partial charge in [-0.2, -0.15) is 0 Å². The van der Waals surface area contributed by atoms with E-state index in [9.17, 15) is 4.79 Å². The molecule has 1 unspecified atom stereocenters. The average Bonchev–Trinajstić information content (AvgIpc) is 3.38. The number of nitrogens with zero attached hydrogens (tertiary/aromatic N) is 1. The van der Waals surface area contributed by atoms with E-state index in [1.54, 1.807) is 7.05 Å². The molecule has 4 aliphatic rings. The van der Waals surface area contributed by atoms with E-state index < -0.39 is 0 Å². The van der Waals surface area contributed by atoms with Gasteiger partial charge in [0, 0.05) is 25.6 Å². The summed E-state index contributed by atoms with van der Waals surface area (Å²) in [5, 5.41) is 2.89. The highest BCUT2D eigenvalue weighted by atomic mass is 16.5. The summed E-state index contributed by atoms with van der Waals surface area (Å²) >= 11 is 0. The first-order valence-electron chi connectivity index (χ1n) is 12.9. The van der Waals surface area contributed by atoms with Gasteiger partial charge in [0.15, 0.2) is 0 Å². The van der Waals surface area contributed by atoms with Gasteiger partial charge in [0.25, 0.3) is 0 Å². The van der Waals surface area contributed by atoms with Crippen LogP contribution >= 0.6 is 0 Å². The molecule has 0 bridgehead atoms. The molecule has 1 saturated carbocycles. The summed E-state index contributed by atoms with van der Waals surface area (Å²) in [5.74, 6) is 2.54. The smallest absolute Gasteiger partial charge is 0.225 e. The first-order valence-corrected chi connectivity index (χ1v) is 12.9. The first-order chi connectivity index (χ1) is 15.5. The normalized spacial score (nSPS) is 36.3. The van der Waals surface area contributed by atoms with Crippen molar-refractivity contribution >= 4 is 5.91 Å². The fraction of sp³-hybridized carbons (Fsp3) is 0.741. The number of amides is 1. The summed E-state index contributed by atoms with van der Waals surface area (Å²) in [6.07, 6.45) is 8.18. The van der Waals surface area contributed by atoms with E-state index in [1.165, 1.54) is 30.5 Å². The fourth-order valence-electron chi connectivity index (χ4n) is 7.35. The molecule has 0 radical (unpaired) electrons. The monoisotopic (exact) mass is 440 g/mol. The third kappa shape index (κ3) is 3.96. The van der Waals surface area contributed by atoms with Crippen LogP contribution in [-0.2, 0) is 16.0 Å². The number of likely N-dealkylation sites (tertiary alicyclic amines) is 1. The Bertz CT molecular complexity index is 842. The van der Waals surface area contributed by atoms with Crippen LogP contribution in [0.25, 0.3) is 0 Å². The quantitative estimate of drug-likeness (QED) is 0.676. The van der Waals surface area contributed by atoms with E-state index in [-0.39, 0.29) is 17.4 Å². The van der Waals surface area contributed by atoms with Crippen molar-refractivity contribution in [3.8, 4) is 5.75 Å². The highest BCUT2D eigenvalue weighted by molar-refractivity contribution is 5.79. The molecule has 0 aromatic heterocycles. The van der Waals surface area contributed by atoms with Crippen molar-refractivity contribution in [3.63, 3.8) is 0 Å². The summed E-state index contributed by atoms with van der Waals surface area (Å²) in [5.41, 5.74) is 2.80. The van der Waals surface area contributed by atoms with Crippen molar-refractivity contribution in [2.45, 2.75) is 76.4 Å². The minimum Gasteiger partial charge on any atom is -0.494 e. The van der Waals surface area contributed by atoms with Gasteiger partial charge in [-0.3, -0.25) is 4.79 Å². The molecular formula is C27H40N2O3. The molecule has 0 spiro atoms. The maximum atomic E-state index is 12.6. The van der Waals surface area contributed by atoms with Crippen LogP contribution in [0.5, 0.6) is 5.75 Å². The first kappa shape index (κ1) is 22.2. The van der Waals surface area contributed by atoms with Crippen LogP contribution in [0.4, 0.5) is 0 Å². The molecule has 5 heteroatoms. The minimum absolute atomic E-state index is 0.0136. The van der Waals surface area contributed by atoms with Crippen LogP contribution in [0.1, 0.15) is 69.4 Å². The van der Waals surface area contributed by atoms with E-state index >= 15 is 0 Å². The van der Waals surface area contributed by atoms with E-state index in [1.807, 2.05) is 0 Å². The summed E-state index contributed by atoms with van der Waals surface area (Å²) < 4.78 is 12.4. The number of benzene rings is 1. The Labute approximate surface area is 193 Å². The SMILES string of the molecule is CNC(=O)C1CO[C@@]2(C)CC[C@@H]3c4ccc(OCCCN5CCC[C@H]5C)cc4CC[C@H]3[C@H]12. The molecule has 1 aromatic carbocycles. The van der Waals surface area contributed by atoms with Gasteiger partial charge >= 0.3 is 0 Å². The van der Waals surface area contributed by atoms with Gasteiger partial charge in [-0.25, -0.2) is 0 Å². The van der Waals surface area contributed by atoms with Crippen molar-refractivity contribution < 1.29 is 14.3 Å². The second kappa shape index (κ2) is 8.98. The molecule has 1 N–H and O–H groups in total. The summed E-state index contributed by atoms with van der Waals surface area (Å²) in [6, 6.07) is 7.52.